The van der Waals surface area contributed by atoms with Crippen LogP contribution >= 0.6 is 0 Å². The van der Waals surface area contributed by atoms with Crippen LogP contribution in [-0.2, 0) is 4.74 Å². The molecule has 0 aliphatic carbocycles. The number of rotatable bonds is 2. The van der Waals surface area contributed by atoms with Crippen LogP contribution in [0, 0.1) is 6.92 Å². The molecule has 4 N–H and O–H groups in total. The van der Waals surface area contributed by atoms with Crippen molar-refractivity contribution in [2.45, 2.75) is 31.7 Å². The zero-order valence-electron chi connectivity index (χ0n) is 9.42. The van der Waals surface area contributed by atoms with Crippen LogP contribution in [0.1, 0.15) is 18.2 Å². The number of hydrogen-bond donors (Lipinski definition) is 3. The lowest BCUT2D eigenvalue weighted by molar-refractivity contribution is -0.0280. The summed E-state index contributed by atoms with van der Waals surface area (Å²) in [6.45, 7) is 1.46. The molecule has 1 aliphatic heterocycles. The molecule has 7 nitrogen and oxygen atoms in total. The minimum atomic E-state index is -0.643. The first-order valence-corrected chi connectivity index (χ1v) is 5.37. The molecule has 1 fully saturated rings. The van der Waals surface area contributed by atoms with Crippen molar-refractivity contribution < 1.29 is 9.84 Å². The third-order valence-electron chi connectivity index (χ3n) is 2.86. The highest BCUT2D eigenvalue weighted by Gasteiger charge is 2.34. The van der Waals surface area contributed by atoms with E-state index in [1.807, 2.05) is 0 Å². The van der Waals surface area contributed by atoms with Gasteiger partial charge in [0.2, 0.25) is 0 Å². The molecule has 1 unspecified atom stereocenters. The lowest BCUT2D eigenvalue weighted by Crippen LogP contribution is -2.38. The Hall–Kier alpha value is -1.44. The molecular formula is C10H15N3O4. The van der Waals surface area contributed by atoms with Gasteiger partial charge in [-0.2, -0.15) is 0 Å². The Kier molecular flexibility index (Phi) is 3.14. The van der Waals surface area contributed by atoms with Gasteiger partial charge in [-0.05, 0) is 13.3 Å². The first-order chi connectivity index (χ1) is 8.02. The van der Waals surface area contributed by atoms with Gasteiger partial charge in [-0.15, -0.1) is 0 Å². The fraction of sp³-hybridized carbons (Fsp3) is 0.600. The highest BCUT2D eigenvalue weighted by atomic mass is 16.5. The zero-order chi connectivity index (χ0) is 12.6. The molecule has 94 valence electrons. The van der Waals surface area contributed by atoms with E-state index in [0.717, 1.165) is 0 Å². The maximum atomic E-state index is 11.6. The van der Waals surface area contributed by atoms with E-state index in [9.17, 15) is 9.59 Å². The van der Waals surface area contributed by atoms with E-state index < -0.39 is 17.5 Å². The number of aliphatic hydroxyl groups is 1. The number of aryl methyl sites for hydroxylation is 1. The van der Waals surface area contributed by atoms with Gasteiger partial charge < -0.3 is 15.6 Å². The summed E-state index contributed by atoms with van der Waals surface area (Å²) in [5, 5.41) is 8.99. The second-order valence-corrected chi connectivity index (χ2v) is 4.21. The van der Waals surface area contributed by atoms with Crippen LogP contribution in [0.5, 0.6) is 0 Å². The predicted molar refractivity (Wildman–Crippen MR) is 59.6 cm³/mol. The average molecular weight is 241 g/mol. The van der Waals surface area contributed by atoms with Crippen molar-refractivity contribution in [2.75, 3.05) is 6.61 Å². The average Bonchev–Trinajstić information content (AvgIpc) is 2.65. The van der Waals surface area contributed by atoms with Crippen LogP contribution in [0.4, 0.5) is 0 Å². The van der Waals surface area contributed by atoms with Gasteiger partial charge in [-0.25, -0.2) is 4.79 Å². The van der Waals surface area contributed by atoms with Crippen LogP contribution in [0.25, 0.3) is 0 Å². The van der Waals surface area contributed by atoms with Crippen LogP contribution in [0.3, 0.4) is 0 Å². The molecule has 0 amide bonds. The van der Waals surface area contributed by atoms with Gasteiger partial charge in [0, 0.05) is 11.8 Å². The first kappa shape index (κ1) is 12.0. The minimum absolute atomic E-state index is 0.138. The Bertz CT molecular complexity index is 521. The number of ether oxygens (including phenoxy) is 1. The summed E-state index contributed by atoms with van der Waals surface area (Å²) in [7, 11) is 0. The smallest absolute Gasteiger partial charge is 0.330 e. The molecule has 0 spiro atoms. The van der Waals surface area contributed by atoms with Gasteiger partial charge in [0.15, 0.2) is 6.23 Å². The highest BCUT2D eigenvalue weighted by molar-refractivity contribution is 5.02. The van der Waals surface area contributed by atoms with Crippen LogP contribution in [-0.4, -0.2) is 33.4 Å². The van der Waals surface area contributed by atoms with E-state index in [0.29, 0.717) is 12.0 Å². The summed E-state index contributed by atoms with van der Waals surface area (Å²) in [5.74, 6) is 0. The zero-order valence-corrected chi connectivity index (χ0v) is 9.42. The van der Waals surface area contributed by atoms with Gasteiger partial charge in [-0.1, -0.05) is 0 Å². The van der Waals surface area contributed by atoms with E-state index in [4.69, 9.17) is 15.6 Å². The van der Waals surface area contributed by atoms with Crippen molar-refractivity contribution in [2.24, 2.45) is 5.73 Å². The van der Waals surface area contributed by atoms with Crippen molar-refractivity contribution in [3.05, 3.63) is 32.6 Å². The lowest BCUT2D eigenvalue weighted by Gasteiger charge is -2.17. The quantitative estimate of drug-likeness (QED) is 0.580. The van der Waals surface area contributed by atoms with Gasteiger partial charge in [0.1, 0.15) is 0 Å². The summed E-state index contributed by atoms with van der Waals surface area (Å²) >= 11 is 0. The van der Waals surface area contributed by atoms with Crippen molar-refractivity contribution in [3.63, 3.8) is 0 Å². The Morgan fingerprint density at radius 2 is 2.35 bits per heavy atom. The minimum Gasteiger partial charge on any atom is -0.394 e. The number of aromatic nitrogens is 2. The summed E-state index contributed by atoms with van der Waals surface area (Å²) < 4.78 is 6.71. The summed E-state index contributed by atoms with van der Waals surface area (Å²) in [4.78, 5) is 25.0. The number of hydrogen-bond acceptors (Lipinski definition) is 5. The van der Waals surface area contributed by atoms with Gasteiger partial charge in [0.25, 0.3) is 5.56 Å². The summed E-state index contributed by atoms with van der Waals surface area (Å²) in [6.07, 6.45) is 0.890. The molecule has 1 saturated heterocycles. The fourth-order valence-corrected chi connectivity index (χ4v) is 1.94. The standard InChI is InChI=1S/C10H15N3O4/c1-5-3-13(10(16)12-8(5)15)9-7(11)2-6(4-14)17-9/h3,6-7,9,14H,2,4,11H2,1H3,(H,12,15,16)/t6-,7?,9+/m0/s1. The number of H-pyrrole nitrogens is 1. The van der Waals surface area contributed by atoms with Crippen molar-refractivity contribution in [3.8, 4) is 0 Å². The topological polar surface area (TPSA) is 110 Å². The van der Waals surface area contributed by atoms with Crippen LogP contribution < -0.4 is 17.0 Å². The van der Waals surface area contributed by atoms with E-state index in [1.54, 1.807) is 6.92 Å². The normalized spacial score (nSPS) is 28.5. The monoisotopic (exact) mass is 241 g/mol. The van der Waals surface area contributed by atoms with E-state index in [1.165, 1.54) is 10.8 Å². The van der Waals surface area contributed by atoms with Crippen molar-refractivity contribution in [1.29, 1.82) is 0 Å². The molecule has 0 bridgehead atoms. The maximum absolute atomic E-state index is 11.6. The van der Waals surface area contributed by atoms with E-state index in [2.05, 4.69) is 4.98 Å². The predicted octanol–water partition coefficient (Wildman–Crippen LogP) is -1.55. The Morgan fingerprint density at radius 1 is 1.65 bits per heavy atom. The largest absolute Gasteiger partial charge is 0.394 e. The lowest BCUT2D eigenvalue weighted by atomic mass is 10.2. The molecule has 1 aromatic rings. The molecular weight excluding hydrogens is 226 g/mol. The molecule has 3 atom stereocenters. The number of nitrogens with one attached hydrogen (secondary N) is 1. The first-order valence-electron chi connectivity index (χ1n) is 5.37. The number of aliphatic hydroxyl groups excluding tert-OH is 1. The molecule has 0 radical (unpaired) electrons. The fourth-order valence-electron chi connectivity index (χ4n) is 1.94. The molecule has 2 rings (SSSR count). The van der Waals surface area contributed by atoms with E-state index >= 15 is 0 Å². The maximum Gasteiger partial charge on any atom is 0.330 e. The molecule has 1 aromatic heterocycles. The third kappa shape index (κ3) is 2.17. The molecule has 17 heavy (non-hydrogen) atoms. The van der Waals surface area contributed by atoms with Crippen molar-refractivity contribution >= 4 is 0 Å². The van der Waals surface area contributed by atoms with E-state index in [-0.39, 0.29) is 18.8 Å². The molecule has 0 saturated carbocycles. The third-order valence-corrected chi connectivity index (χ3v) is 2.86. The summed E-state index contributed by atoms with van der Waals surface area (Å²) in [5.41, 5.74) is 5.28. The SMILES string of the molecule is Cc1cn([C@@H]2O[C@H](CO)CC2N)c(=O)[nH]c1=O. The van der Waals surface area contributed by atoms with Crippen LogP contribution in [0.2, 0.25) is 0 Å². The molecule has 2 heterocycles. The molecule has 7 heteroatoms. The Balaban J connectivity index is 2.38. The number of nitrogens with zero attached hydrogens (tertiary/aromatic N) is 1. The second kappa shape index (κ2) is 4.44. The Morgan fingerprint density at radius 3 is 2.94 bits per heavy atom. The van der Waals surface area contributed by atoms with Gasteiger partial charge >= 0.3 is 5.69 Å². The van der Waals surface area contributed by atoms with Gasteiger partial charge in [0.05, 0.1) is 18.8 Å². The van der Waals surface area contributed by atoms with Gasteiger partial charge in [-0.3, -0.25) is 14.3 Å². The van der Waals surface area contributed by atoms with Crippen LogP contribution in [0.15, 0.2) is 15.8 Å². The summed E-state index contributed by atoms with van der Waals surface area (Å²) in [6, 6.07) is -0.379. The van der Waals surface area contributed by atoms with Crippen molar-refractivity contribution in [1.82, 2.24) is 9.55 Å². The molecule has 1 aliphatic rings. The number of nitrogens with two attached hydrogens (primary N) is 1. The number of aromatic amines is 1. The highest BCUT2D eigenvalue weighted by Crippen LogP contribution is 2.25. The molecule has 0 aromatic carbocycles. The second-order valence-electron chi connectivity index (χ2n) is 4.21. The Labute approximate surface area is 96.8 Å².